The zero-order chi connectivity index (χ0) is 16.9. The van der Waals surface area contributed by atoms with Crippen molar-refractivity contribution in [3.8, 4) is 0 Å². The number of hydrogen-bond acceptors (Lipinski definition) is 2. The van der Waals surface area contributed by atoms with Gasteiger partial charge in [-0.15, -0.1) is 0 Å². The van der Waals surface area contributed by atoms with Crippen LogP contribution in [0.2, 0.25) is 0 Å². The first-order valence-electron chi connectivity index (χ1n) is 7.47. The number of benzene rings is 1. The molecule has 0 aliphatic carbocycles. The highest BCUT2D eigenvalue weighted by Crippen LogP contribution is 2.35. The van der Waals surface area contributed by atoms with Gasteiger partial charge in [-0.1, -0.05) is 43.6 Å². The van der Waals surface area contributed by atoms with Crippen LogP contribution >= 0.6 is 15.9 Å². The summed E-state index contributed by atoms with van der Waals surface area (Å²) < 4.78 is 1.01. The first-order valence-corrected chi connectivity index (χ1v) is 8.26. The minimum Gasteiger partial charge on any atom is -0.370 e. The van der Waals surface area contributed by atoms with E-state index in [4.69, 9.17) is 5.73 Å². The van der Waals surface area contributed by atoms with E-state index in [-0.39, 0.29) is 23.8 Å². The van der Waals surface area contributed by atoms with Crippen LogP contribution in [0.5, 0.6) is 0 Å². The van der Waals surface area contributed by atoms with Crippen molar-refractivity contribution in [1.29, 1.82) is 0 Å². The third-order valence-corrected chi connectivity index (χ3v) is 3.67. The Morgan fingerprint density at radius 3 is 2.14 bits per heavy atom. The molecule has 22 heavy (non-hydrogen) atoms. The van der Waals surface area contributed by atoms with Crippen molar-refractivity contribution in [3.63, 3.8) is 0 Å². The molecule has 0 unspecified atom stereocenters. The average molecular weight is 369 g/mol. The van der Waals surface area contributed by atoms with Crippen molar-refractivity contribution in [2.75, 3.05) is 11.9 Å². The molecule has 4 N–H and O–H groups in total. The van der Waals surface area contributed by atoms with Gasteiger partial charge < -0.3 is 11.1 Å². The molecule has 0 saturated carbocycles. The van der Waals surface area contributed by atoms with E-state index in [9.17, 15) is 4.79 Å². The molecule has 1 aromatic rings. The molecule has 0 spiro atoms. The lowest BCUT2D eigenvalue weighted by Gasteiger charge is -2.21. The lowest BCUT2D eigenvalue weighted by atomic mass is 9.93. The third kappa shape index (κ3) is 5.02. The Bertz CT molecular complexity index is 538. The molecule has 0 aliphatic rings. The van der Waals surface area contributed by atoms with Crippen LogP contribution in [0, 0.1) is 0 Å². The van der Waals surface area contributed by atoms with E-state index < -0.39 is 0 Å². The molecule has 2 amide bonds. The maximum atomic E-state index is 12.1. The molecule has 0 radical (unpaired) electrons. The molecule has 1 aromatic carbocycles. The van der Waals surface area contributed by atoms with Crippen molar-refractivity contribution in [1.82, 2.24) is 5.32 Å². The first kappa shape index (κ1) is 18.5. The number of urea groups is 1. The van der Waals surface area contributed by atoms with Crippen LogP contribution in [0.4, 0.5) is 10.5 Å². The van der Waals surface area contributed by atoms with Crippen LogP contribution in [-0.2, 0) is 0 Å². The Hall–Kier alpha value is -1.56. The Labute approximate surface area is 140 Å². The maximum Gasteiger partial charge on any atom is 0.326 e. The second-order valence-electron chi connectivity index (χ2n) is 5.71. The smallest absolute Gasteiger partial charge is 0.326 e. The highest BCUT2D eigenvalue weighted by molar-refractivity contribution is 9.10. The molecule has 122 valence electrons. The molecule has 1 rings (SSSR count). The Kier molecular flexibility index (Phi) is 6.87. The van der Waals surface area contributed by atoms with Crippen LogP contribution in [0.15, 0.2) is 21.6 Å². The van der Waals surface area contributed by atoms with E-state index in [1.165, 1.54) is 0 Å². The van der Waals surface area contributed by atoms with Gasteiger partial charge in [-0.25, -0.2) is 4.79 Å². The molecule has 0 aliphatic heterocycles. The number of nitrogens with zero attached hydrogens (tertiary/aromatic N) is 1. The van der Waals surface area contributed by atoms with Gasteiger partial charge in [0, 0.05) is 16.7 Å². The summed E-state index contributed by atoms with van der Waals surface area (Å²) in [6.07, 6.45) is 0. The number of anilines is 1. The normalized spacial score (nSPS) is 11.9. The van der Waals surface area contributed by atoms with Gasteiger partial charge in [-0.3, -0.25) is 10.3 Å². The number of guanidine groups is 1. The Morgan fingerprint density at radius 2 is 1.73 bits per heavy atom. The fraction of sp³-hybridized carbons (Fsp3) is 0.500. The van der Waals surface area contributed by atoms with Gasteiger partial charge in [0.05, 0.1) is 0 Å². The van der Waals surface area contributed by atoms with Gasteiger partial charge in [-0.05, 0) is 42.0 Å². The summed E-state index contributed by atoms with van der Waals surface area (Å²) in [5.41, 5.74) is 8.64. The predicted molar refractivity (Wildman–Crippen MR) is 96.6 cm³/mol. The molecule has 5 nitrogen and oxygen atoms in total. The van der Waals surface area contributed by atoms with E-state index in [1.807, 2.05) is 19.1 Å². The van der Waals surface area contributed by atoms with Gasteiger partial charge in [-0.2, -0.15) is 0 Å². The van der Waals surface area contributed by atoms with E-state index >= 15 is 0 Å². The minimum absolute atomic E-state index is 0.120. The van der Waals surface area contributed by atoms with Crippen molar-refractivity contribution < 1.29 is 4.79 Å². The van der Waals surface area contributed by atoms with Gasteiger partial charge in [0.15, 0.2) is 5.96 Å². The van der Waals surface area contributed by atoms with Crippen molar-refractivity contribution in [2.45, 2.75) is 46.5 Å². The Morgan fingerprint density at radius 1 is 1.23 bits per heavy atom. The monoisotopic (exact) mass is 368 g/mol. The summed E-state index contributed by atoms with van der Waals surface area (Å²) >= 11 is 3.54. The SMILES string of the molecule is CCN=C(N)NC(=O)Nc1c(C(C)C)cc(Br)cc1C(C)C. The standard InChI is InChI=1S/C16H25BrN4O/c1-6-19-15(18)21-16(22)20-14-12(9(2)3)7-11(17)8-13(14)10(4)5/h7-10H,6H2,1-5H3,(H4,18,19,20,21,22). The molecular weight excluding hydrogens is 344 g/mol. The average Bonchev–Trinajstić information content (AvgIpc) is 2.39. The molecule has 0 aromatic heterocycles. The summed E-state index contributed by atoms with van der Waals surface area (Å²) in [4.78, 5) is 16.1. The van der Waals surface area contributed by atoms with E-state index in [1.54, 1.807) is 0 Å². The second-order valence-corrected chi connectivity index (χ2v) is 6.62. The van der Waals surface area contributed by atoms with E-state index in [0.29, 0.717) is 6.54 Å². The first-order chi connectivity index (χ1) is 10.3. The topological polar surface area (TPSA) is 79.5 Å². The number of amides is 2. The Balaban J connectivity index is 3.16. The van der Waals surface area contributed by atoms with Crippen LogP contribution in [-0.4, -0.2) is 18.5 Å². The van der Waals surface area contributed by atoms with Crippen LogP contribution in [0.3, 0.4) is 0 Å². The summed E-state index contributed by atoms with van der Waals surface area (Å²) in [5, 5.41) is 5.47. The summed E-state index contributed by atoms with van der Waals surface area (Å²) in [6, 6.07) is 3.70. The lowest BCUT2D eigenvalue weighted by molar-refractivity contribution is 0.256. The van der Waals surface area contributed by atoms with Gasteiger partial charge in [0.2, 0.25) is 0 Å². The second kappa shape index (κ2) is 8.17. The molecule has 0 saturated heterocycles. The van der Waals surface area contributed by atoms with Gasteiger partial charge in [0.25, 0.3) is 0 Å². The van der Waals surface area contributed by atoms with Gasteiger partial charge >= 0.3 is 6.03 Å². The number of rotatable bonds is 4. The fourth-order valence-electron chi connectivity index (χ4n) is 2.18. The number of hydrogen-bond donors (Lipinski definition) is 3. The van der Waals surface area contributed by atoms with Gasteiger partial charge in [0.1, 0.15) is 0 Å². The quantitative estimate of drug-likeness (QED) is 0.551. The minimum atomic E-state index is -0.374. The number of halogens is 1. The number of aliphatic imine (C=N–C) groups is 1. The van der Waals surface area contributed by atoms with Crippen LogP contribution in [0.25, 0.3) is 0 Å². The molecule has 0 fully saturated rings. The van der Waals surface area contributed by atoms with E-state index in [0.717, 1.165) is 21.3 Å². The lowest BCUT2D eigenvalue weighted by Crippen LogP contribution is -2.40. The number of nitrogens with two attached hydrogens (primary N) is 1. The van der Waals surface area contributed by atoms with E-state index in [2.05, 4.69) is 59.3 Å². The van der Waals surface area contributed by atoms with Crippen LogP contribution < -0.4 is 16.4 Å². The highest BCUT2D eigenvalue weighted by atomic mass is 79.9. The maximum absolute atomic E-state index is 12.1. The fourth-order valence-corrected chi connectivity index (χ4v) is 2.67. The van der Waals surface area contributed by atoms with Crippen molar-refractivity contribution >= 4 is 33.6 Å². The summed E-state index contributed by atoms with van der Waals surface area (Å²) in [7, 11) is 0. The number of carbonyl (C=O) groups is 1. The van der Waals surface area contributed by atoms with Crippen molar-refractivity contribution in [3.05, 3.63) is 27.7 Å². The zero-order valence-electron chi connectivity index (χ0n) is 13.8. The number of nitrogens with one attached hydrogen (secondary N) is 2. The molecule has 0 bridgehead atoms. The van der Waals surface area contributed by atoms with Crippen molar-refractivity contribution in [2.24, 2.45) is 10.7 Å². The molecule has 6 heteroatoms. The molecule has 0 heterocycles. The third-order valence-electron chi connectivity index (χ3n) is 3.22. The zero-order valence-corrected chi connectivity index (χ0v) is 15.4. The van der Waals surface area contributed by atoms with Crippen LogP contribution in [0.1, 0.15) is 57.6 Å². The number of carbonyl (C=O) groups excluding carboxylic acids is 1. The largest absolute Gasteiger partial charge is 0.370 e. The molecular formula is C16H25BrN4O. The summed E-state index contributed by atoms with van der Waals surface area (Å²) in [6.45, 7) is 10.8. The highest BCUT2D eigenvalue weighted by Gasteiger charge is 2.17. The molecule has 0 atom stereocenters. The summed E-state index contributed by atoms with van der Waals surface area (Å²) in [5.74, 6) is 0.688. The predicted octanol–water partition coefficient (Wildman–Crippen LogP) is 4.15.